The quantitative estimate of drug-likeness (QED) is 0.681. The summed E-state index contributed by atoms with van der Waals surface area (Å²) in [6.45, 7) is 5.10. The third-order valence-electron chi connectivity index (χ3n) is 5.93. The summed E-state index contributed by atoms with van der Waals surface area (Å²) < 4.78 is 1.64. The van der Waals surface area contributed by atoms with Gasteiger partial charge in [0.2, 0.25) is 0 Å². The van der Waals surface area contributed by atoms with Crippen LogP contribution in [0.15, 0.2) is 41.3 Å². The number of anilines is 2. The number of nitrogens with one attached hydrogen (secondary N) is 2. The first kappa shape index (κ1) is 20.9. The van der Waals surface area contributed by atoms with Crippen LogP contribution in [-0.2, 0) is 7.05 Å². The van der Waals surface area contributed by atoms with Crippen molar-refractivity contribution >= 4 is 28.4 Å². The van der Waals surface area contributed by atoms with Crippen molar-refractivity contribution in [2.45, 2.75) is 6.92 Å². The first-order valence-corrected chi connectivity index (χ1v) is 10.4. The van der Waals surface area contributed by atoms with Crippen LogP contribution < -0.4 is 16.2 Å². The summed E-state index contributed by atoms with van der Waals surface area (Å²) in [4.78, 5) is 34.2. The van der Waals surface area contributed by atoms with Gasteiger partial charge in [-0.1, -0.05) is 6.07 Å². The maximum Gasteiger partial charge on any atom is 0.321 e. The van der Waals surface area contributed by atoms with Crippen molar-refractivity contribution < 1.29 is 4.79 Å². The Hall–Kier alpha value is -3.39. The number of nitrogens with zero attached hydrogens (tertiary/aromatic N) is 4. The summed E-state index contributed by atoms with van der Waals surface area (Å²) in [5.74, 6) is 0.708. The number of carbonyl (C=O) groups excluding carboxylic acids is 1. The lowest BCUT2D eigenvalue weighted by Gasteiger charge is -2.32. The van der Waals surface area contributed by atoms with Crippen LogP contribution in [0.25, 0.3) is 22.0 Å². The lowest BCUT2D eigenvalue weighted by Crippen LogP contribution is -2.48. The Morgan fingerprint density at radius 1 is 1.03 bits per heavy atom. The van der Waals surface area contributed by atoms with E-state index < -0.39 is 0 Å². The molecule has 3 heterocycles. The Bertz CT molecular complexity index is 1190. The highest BCUT2D eigenvalue weighted by atomic mass is 16.2. The number of rotatable bonds is 3. The van der Waals surface area contributed by atoms with E-state index in [2.05, 4.69) is 27.6 Å². The van der Waals surface area contributed by atoms with Gasteiger partial charge in [-0.2, -0.15) is 0 Å². The lowest BCUT2D eigenvalue weighted by atomic mass is 9.99. The zero-order chi connectivity index (χ0) is 22.1. The first-order chi connectivity index (χ1) is 14.9. The first-order valence-electron chi connectivity index (χ1n) is 10.4. The van der Waals surface area contributed by atoms with E-state index in [0.717, 1.165) is 35.1 Å². The Kier molecular flexibility index (Phi) is 5.65. The van der Waals surface area contributed by atoms with Crippen LogP contribution >= 0.6 is 0 Å². The van der Waals surface area contributed by atoms with Crippen molar-refractivity contribution in [2.75, 3.05) is 50.9 Å². The molecule has 8 nitrogen and oxygen atoms in total. The molecular formula is C23H28N6O2. The van der Waals surface area contributed by atoms with Gasteiger partial charge in [0.1, 0.15) is 5.82 Å². The van der Waals surface area contributed by atoms with Crippen molar-refractivity contribution in [3.05, 3.63) is 52.4 Å². The lowest BCUT2D eigenvalue weighted by molar-refractivity contribution is 0.164. The van der Waals surface area contributed by atoms with Crippen molar-refractivity contribution in [1.29, 1.82) is 0 Å². The summed E-state index contributed by atoms with van der Waals surface area (Å²) in [7, 11) is 5.62. The molecule has 0 spiro atoms. The number of urea groups is 1. The topological polar surface area (TPSA) is 82.5 Å². The molecule has 0 saturated carbocycles. The molecule has 0 unspecified atom stereocenters. The largest absolute Gasteiger partial charge is 0.373 e. The molecule has 4 rings (SSSR count). The number of carbonyl (C=O) groups is 1. The van der Waals surface area contributed by atoms with E-state index in [4.69, 9.17) is 0 Å². The molecule has 1 aliphatic heterocycles. The molecule has 1 aliphatic rings. The molecule has 31 heavy (non-hydrogen) atoms. The van der Waals surface area contributed by atoms with Crippen LogP contribution in [0, 0.1) is 6.92 Å². The average molecular weight is 421 g/mol. The van der Waals surface area contributed by atoms with E-state index in [9.17, 15) is 9.59 Å². The van der Waals surface area contributed by atoms with E-state index in [1.165, 1.54) is 0 Å². The van der Waals surface area contributed by atoms with Gasteiger partial charge >= 0.3 is 6.03 Å². The third-order valence-corrected chi connectivity index (χ3v) is 5.93. The highest BCUT2D eigenvalue weighted by molar-refractivity contribution is 5.91. The third kappa shape index (κ3) is 4.11. The molecule has 3 aromatic rings. The molecule has 0 radical (unpaired) electrons. The van der Waals surface area contributed by atoms with E-state index in [1.807, 2.05) is 42.2 Å². The van der Waals surface area contributed by atoms with Crippen molar-refractivity contribution in [1.82, 2.24) is 19.4 Å². The van der Waals surface area contributed by atoms with E-state index in [1.54, 1.807) is 24.9 Å². The van der Waals surface area contributed by atoms with Crippen LogP contribution in [0.1, 0.15) is 5.56 Å². The molecule has 1 fully saturated rings. The van der Waals surface area contributed by atoms with Crippen molar-refractivity contribution in [3.63, 3.8) is 0 Å². The molecule has 162 valence electrons. The number of benzene rings is 1. The van der Waals surface area contributed by atoms with Crippen LogP contribution in [0.4, 0.5) is 16.3 Å². The molecule has 1 saturated heterocycles. The Balaban J connectivity index is 1.68. The van der Waals surface area contributed by atoms with Crippen molar-refractivity contribution in [3.8, 4) is 11.1 Å². The predicted octanol–water partition coefficient (Wildman–Crippen LogP) is 2.73. The molecule has 2 aromatic heterocycles. The molecule has 8 heteroatoms. The minimum Gasteiger partial charge on any atom is -0.373 e. The number of amides is 2. The van der Waals surface area contributed by atoms with Gasteiger partial charge in [-0.15, -0.1) is 0 Å². The Morgan fingerprint density at radius 2 is 1.77 bits per heavy atom. The number of piperazine rings is 1. The maximum absolute atomic E-state index is 13.2. The summed E-state index contributed by atoms with van der Waals surface area (Å²) >= 11 is 0. The van der Waals surface area contributed by atoms with E-state index in [-0.39, 0.29) is 11.6 Å². The maximum atomic E-state index is 13.2. The summed E-state index contributed by atoms with van der Waals surface area (Å²) in [5, 5.41) is 6.87. The van der Waals surface area contributed by atoms with Gasteiger partial charge in [-0.3, -0.25) is 4.79 Å². The Morgan fingerprint density at radius 3 is 2.48 bits per heavy atom. The van der Waals surface area contributed by atoms with Crippen molar-refractivity contribution in [2.24, 2.45) is 7.05 Å². The van der Waals surface area contributed by atoms with Crippen LogP contribution in [0.2, 0.25) is 0 Å². The zero-order valence-corrected chi connectivity index (χ0v) is 18.4. The SMILES string of the molecule is CNc1cc2c(cn1)cc(-c1cc(NC(=O)N3CCN(C)CC3)ccc1C)c(=O)n2C. The fraction of sp³-hybridized carbons (Fsp3) is 0.348. The highest BCUT2D eigenvalue weighted by Gasteiger charge is 2.19. The molecule has 1 aromatic carbocycles. The number of aromatic nitrogens is 2. The monoisotopic (exact) mass is 420 g/mol. The summed E-state index contributed by atoms with van der Waals surface area (Å²) in [6.07, 6.45) is 1.76. The smallest absolute Gasteiger partial charge is 0.321 e. The molecule has 0 aliphatic carbocycles. The van der Waals surface area contributed by atoms with Gasteiger partial charge in [0.25, 0.3) is 5.56 Å². The average Bonchev–Trinajstić information content (AvgIpc) is 2.78. The minimum atomic E-state index is -0.113. The van der Waals surface area contributed by atoms with E-state index in [0.29, 0.717) is 30.2 Å². The van der Waals surface area contributed by atoms with Gasteiger partial charge in [0, 0.05) is 69.2 Å². The van der Waals surface area contributed by atoms with E-state index >= 15 is 0 Å². The summed E-state index contributed by atoms with van der Waals surface area (Å²) in [5.41, 5.74) is 3.75. The second-order valence-corrected chi connectivity index (χ2v) is 8.05. The van der Waals surface area contributed by atoms with Gasteiger partial charge in [0.15, 0.2) is 0 Å². The van der Waals surface area contributed by atoms with Crippen LogP contribution in [-0.4, -0.2) is 65.7 Å². The van der Waals surface area contributed by atoms with Gasteiger partial charge < -0.3 is 25.0 Å². The second kappa shape index (κ2) is 8.39. The molecule has 2 amide bonds. The number of aryl methyl sites for hydroxylation is 2. The number of pyridine rings is 2. The minimum absolute atomic E-state index is 0.0913. The van der Waals surface area contributed by atoms with Crippen LogP contribution in [0.3, 0.4) is 0 Å². The van der Waals surface area contributed by atoms with Gasteiger partial charge in [-0.05, 0) is 43.3 Å². The van der Waals surface area contributed by atoms with Gasteiger partial charge in [-0.25, -0.2) is 9.78 Å². The number of hydrogen-bond acceptors (Lipinski definition) is 5. The molecular weight excluding hydrogens is 392 g/mol. The fourth-order valence-corrected chi connectivity index (χ4v) is 3.90. The number of hydrogen-bond donors (Lipinski definition) is 2. The standard InChI is InChI=1S/C23H28N6O2/c1-15-5-6-17(26-23(31)29-9-7-27(3)8-10-29)12-18(15)19-11-16-14-25-21(24-2)13-20(16)28(4)22(19)30/h5-6,11-14H,7-10H2,1-4H3,(H,24,25)(H,26,31). The highest BCUT2D eigenvalue weighted by Crippen LogP contribution is 2.27. The van der Waals surface area contributed by atoms with Crippen LogP contribution in [0.5, 0.6) is 0 Å². The Labute approximate surface area is 181 Å². The molecule has 2 N–H and O–H groups in total. The predicted molar refractivity (Wildman–Crippen MR) is 125 cm³/mol. The molecule has 0 bridgehead atoms. The fourth-order valence-electron chi connectivity index (χ4n) is 3.90. The zero-order valence-electron chi connectivity index (χ0n) is 18.4. The molecule has 0 atom stereocenters. The van der Waals surface area contributed by atoms with Gasteiger partial charge in [0.05, 0.1) is 5.52 Å². The number of likely N-dealkylation sites (N-methyl/N-ethyl adjacent to an activating group) is 1. The summed E-state index contributed by atoms with van der Waals surface area (Å²) in [6, 6.07) is 9.30. The second-order valence-electron chi connectivity index (χ2n) is 8.05. The number of fused-ring (bicyclic) bond motifs is 1. The normalized spacial score (nSPS) is 14.6.